The Hall–Kier alpha value is -3.00. The second-order valence-corrected chi connectivity index (χ2v) is 6.77. The topological polar surface area (TPSA) is 90.0 Å². The normalized spacial score (nSPS) is 11.2. The summed E-state index contributed by atoms with van der Waals surface area (Å²) in [5, 5.41) is 8.06. The molecule has 0 aromatic carbocycles. The lowest BCUT2D eigenvalue weighted by Gasteiger charge is -2.07. The van der Waals surface area contributed by atoms with Gasteiger partial charge in [0.1, 0.15) is 11.5 Å². The van der Waals surface area contributed by atoms with Crippen molar-refractivity contribution in [3.8, 4) is 10.6 Å². The van der Waals surface area contributed by atoms with Crippen molar-refractivity contribution >= 4 is 23.3 Å². The summed E-state index contributed by atoms with van der Waals surface area (Å²) in [6.45, 7) is 4.42. The van der Waals surface area contributed by atoms with Gasteiger partial charge in [0.25, 0.3) is 5.56 Å². The van der Waals surface area contributed by atoms with E-state index < -0.39 is 0 Å². The monoisotopic (exact) mass is 370 g/mol. The van der Waals surface area contributed by atoms with Crippen molar-refractivity contribution in [2.45, 2.75) is 20.4 Å². The van der Waals surface area contributed by atoms with Crippen molar-refractivity contribution in [1.82, 2.24) is 20.1 Å². The molecule has 0 saturated heterocycles. The van der Waals surface area contributed by atoms with Crippen LogP contribution >= 0.6 is 11.3 Å². The molecular formula is C18H18N4O3S. The minimum atomic E-state index is -0.264. The number of furan rings is 1. The number of hydrogen-bond donors (Lipinski definition) is 1. The Morgan fingerprint density at radius 1 is 1.35 bits per heavy atom. The van der Waals surface area contributed by atoms with E-state index in [0.29, 0.717) is 18.0 Å². The van der Waals surface area contributed by atoms with E-state index in [2.05, 4.69) is 15.4 Å². The predicted molar refractivity (Wildman–Crippen MR) is 99.8 cm³/mol. The molecule has 134 valence electrons. The third-order valence-corrected chi connectivity index (χ3v) is 4.66. The number of nitrogens with one attached hydrogen (secondary N) is 1. The SMILES string of the molecule is Cc1nc(C)c(-c2ccc(=O)n(CCNC(=O)C=Cc3ccco3)n2)s1. The van der Waals surface area contributed by atoms with Crippen LogP contribution in [0.1, 0.15) is 16.5 Å². The highest BCUT2D eigenvalue weighted by atomic mass is 32.1. The molecule has 7 nitrogen and oxygen atoms in total. The molecule has 26 heavy (non-hydrogen) atoms. The lowest BCUT2D eigenvalue weighted by molar-refractivity contribution is -0.116. The van der Waals surface area contributed by atoms with E-state index in [4.69, 9.17) is 4.42 Å². The van der Waals surface area contributed by atoms with Crippen molar-refractivity contribution in [1.29, 1.82) is 0 Å². The molecule has 0 unspecified atom stereocenters. The fourth-order valence-electron chi connectivity index (χ4n) is 2.39. The van der Waals surface area contributed by atoms with Crippen LogP contribution in [-0.4, -0.2) is 27.2 Å². The van der Waals surface area contributed by atoms with Crippen LogP contribution < -0.4 is 10.9 Å². The van der Waals surface area contributed by atoms with E-state index in [1.165, 1.54) is 34.4 Å². The third kappa shape index (κ3) is 4.34. The number of rotatable bonds is 6. The third-order valence-electron chi connectivity index (χ3n) is 3.57. The van der Waals surface area contributed by atoms with Crippen LogP contribution in [0.25, 0.3) is 16.6 Å². The van der Waals surface area contributed by atoms with Gasteiger partial charge >= 0.3 is 0 Å². The van der Waals surface area contributed by atoms with Crippen LogP contribution in [0.5, 0.6) is 0 Å². The number of aryl methyl sites for hydroxylation is 2. The molecule has 0 atom stereocenters. The van der Waals surface area contributed by atoms with Crippen LogP contribution in [0, 0.1) is 13.8 Å². The summed E-state index contributed by atoms with van der Waals surface area (Å²) >= 11 is 1.54. The quantitative estimate of drug-likeness (QED) is 0.673. The van der Waals surface area contributed by atoms with Gasteiger partial charge in [0, 0.05) is 18.7 Å². The van der Waals surface area contributed by atoms with Crippen molar-refractivity contribution in [3.05, 3.63) is 63.4 Å². The summed E-state index contributed by atoms with van der Waals surface area (Å²) < 4.78 is 6.46. The first-order chi connectivity index (χ1) is 12.5. The molecule has 0 aliphatic rings. The number of nitrogens with zero attached hydrogens (tertiary/aromatic N) is 3. The highest BCUT2D eigenvalue weighted by molar-refractivity contribution is 7.15. The fraction of sp³-hybridized carbons (Fsp3) is 0.222. The van der Waals surface area contributed by atoms with Gasteiger partial charge < -0.3 is 9.73 Å². The average molecular weight is 370 g/mol. The lowest BCUT2D eigenvalue weighted by atomic mass is 10.3. The first-order valence-corrected chi connectivity index (χ1v) is 8.86. The van der Waals surface area contributed by atoms with Crippen molar-refractivity contribution < 1.29 is 9.21 Å². The van der Waals surface area contributed by atoms with Gasteiger partial charge in [-0.2, -0.15) is 5.10 Å². The fourth-order valence-corrected chi connectivity index (χ4v) is 3.27. The summed E-state index contributed by atoms with van der Waals surface area (Å²) in [4.78, 5) is 29.1. The lowest BCUT2D eigenvalue weighted by Crippen LogP contribution is -2.31. The van der Waals surface area contributed by atoms with Crippen molar-refractivity contribution in [3.63, 3.8) is 0 Å². The Bertz CT molecular complexity index is 986. The van der Waals surface area contributed by atoms with E-state index in [-0.39, 0.29) is 18.0 Å². The number of hydrogen-bond acceptors (Lipinski definition) is 6. The smallest absolute Gasteiger partial charge is 0.266 e. The molecule has 0 bridgehead atoms. The molecule has 1 amide bonds. The van der Waals surface area contributed by atoms with Crippen LogP contribution in [0.4, 0.5) is 0 Å². The second kappa shape index (κ2) is 7.92. The van der Waals surface area contributed by atoms with Crippen molar-refractivity contribution in [2.24, 2.45) is 0 Å². The van der Waals surface area contributed by atoms with Crippen LogP contribution in [0.3, 0.4) is 0 Å². The van der Waals surface area contributed by atoms with Gasteiger partial charge in [0.05, 0.1) is 28.4 Å². The molecule has 0 radical (unpaired) electrons. The molecule has 3 rings (SSSR count). The Morgan fingerprint density at radius 2 is 2.19 bits per heavy atom. The highest BCUT2D eigenvalue weighted by Gasteiger charge is 2.10. The van der Waals surface area contributed by atoms with E-state index in [9.17, 15) is 9.59 Å². The summed E-state index contributed by atoms with van der Waals surface area (Å²) in [5.41, 5.74) is 1.38. The molecule has 0 fully saturated rings. The molecule has 0 spiro atoms. The number of carbonyl (C=O) groups excluding carboxylic acids is 1. The molecule has 0 aliphatic heterocycles. The van der Waals surface area contributed by atoms with Gasteiger partial charge in [-0.05, 0) is 38.1 Å². The van der Waals surface area contributed by atoms with E-state index in [0.717, 1.165) is 15.6 Å². The van der Waals surface area contributed by atoms with Crippen LogP contribution in [-0.2, 0) is 11.3 Å². The van der Waals surface area contributed by atoms with E-state index >= 15 is 0 Å². The molecule has 3 aromatic heterocycles. The summed E-state index contributed by atoms with van der Waals surface area (Å²) in [6, 6.07) is 6.68. The zero-order chi connectivity index (χ0) is 18.5. The zero-order valence-electron chi connectivity index (χ0n) is 14.4. The van der Waals surface area contributed by atoms with Gasteiger partial charge in [-0.25, -0.2) is 9.67 Å². The van der Waals surface area contributed by atoms with Gasteiger partial charge in [-0.15, -0.1) is 11.3 Å². The Morgan fingerprint density at radius 3 is 2.88 bits per heavy atom. The number of amides is 1. The Kier molecular flexibility index (Phi) is 5.43. The summed E-state index contributed by atoms with van der Waals surface area (Å²) in [6.07, 6.45) is 4.50. The van der Waals surface area contributed by atoms with E-state index in [1.54, 1.807) is 24.3 Å². The number of carbonyl (C=O) groups is 1. The molecular weight excluding hydrogens is 352 g/mol. The summed E-state index contributed by atoms with van der Waals surface area (Å²) in [5.74, 6) is 0.334. The number of aromatic nitrogens is 3. The Labute approximate surface area is 154 Å². The largest absolute Gasteiger partial charge is 0.465 e. The maximum atomic E-state index is 12.0. The number of thiazole rings is 1. The highest BCUT2D eigenvalue weighted by Crippen LogP contribution is 2.27. The first-order valence-electron chi connectivity index (χ1n) is 8.05. The van der Waals surface area contributed by atoms with Gasteiger partial charge in [-0.1, -0.05) is 0 Å². The van der Waals surface area contributed by atoms with Crippen LogP contribution in [0.2, 0.25) is 0 Å². The second-order valence-electron chi connectivity index (χ2n) is 5.57. The van der Waals surface area contributed by atoms with E-state index in [1.807, 2.05) is 13.8 Å². The first kappa shape index (κ1) is 17.8. The predicted octanol–water partition coefficient (Wildman–Crippen LogP) is 2.41. The maximum absolute atomic E-state index is 12.0. The maximum Gasteiger partial charge on any atom is 0.266 e. The van der Waals surface area contributed by atoms with Gasteiger partial charge in [0.15, 0.2) is 0 Å². The average Bonchev–Trinajstić information content (AvgIpc) is 3.24. The zero-order valence-corrected chi connectivity index (χ0v) is 15.2. The molecule has 8 heteroatoms. The summed E-state index contributed by atoms with van der Waals surface area (Å²) in [7, 11) is 0. The standard InChI is InChI=1S/C18H18N4O3S/c1-12-18(26-13(2)20-12)15-6-8-17(24)22(21-15)10-9-19-16(23)7-5-14-4-3-11-25-14/h3-8,11H,9-10H2,1-2H3,(H,19,23). The minimum Gasteiger partial charge on any atom is -0.465 e. The molecule has 0 aliphatic carbocycles. The molecule has 0 saturated carbocycles. The minimum absolute atomic E-state index is 0.215. The van der Waals surface area contributed by atoms with Gasteiger partial charge in [-0.3, -0.25) is 9.59 Å². The molecule has 3 aromatic rings. The van der Waals surface area contributed by atoms with Gasteiger partial charge in [0.2, 0.25) is 5.91 Å². The van der Waals surface area contributed by atoms with Crippen molar-refractivity contribution in [2.75, 3.05) is 6.54 Å². The Balaban J connectivity index is 1.63. The van der Waals surface area contributed by atoms with Crippen LogP contribution in [0.15, 0.2) is 45.8 Å². The molecule has 3 heterocycles. The molecule has 1 N–H and O–H groups in total.